The number of nitrogens with one attached hydrogen (secondary N) is 1. The predicted octanol–water partition coefficient (Wildman–Crippen LogP) is 2.00. The minimum atomic E-state index is -0.281. The van der Waals surface area contributed by atoms with Crippen LogP contribution in [0.25, 0.3) is 0 Å². The van der Waals surface area contributed by atoms with Crippen molar-refractivity contribution < 1.29 is 9.53 Å². The van der Waals surface area contributed by atoms with Gasteiger partial charge in [-0.15, -0.1) is 0 Å². The quantitative estimate of drug-likeness (QED) is 0.785. The average molecular weight is 256 g/mol. The van der Waals surface area contributed by atoms with Crippen molar-refractivity contribution in [2.24, 2.45) is 5.41 Å². The van der Waals surface area contributed by atoms with Gasteiger partial charge in [-0.05, 0) is 27.2 Å². The van der Waals surface area contributed by atoms with Crippen LogP contribution < -0.4 is 5.32 Å². The Hall–Kier alpha value is -0.610. The molecule has 0 aliphatic carbocycles. The first kappa shape index (κ1) is 15.4. The van der Waals surface area contributed by atoms with Gasteiger partial charge in [-0.2, -0.15) is 0 Å². The van der Waals surface area contributed by atoms with E-state index < -0.39 is 0 Å². The van der Waals surface area contributed by atoms with E-state index >= 15 is 0 Å². The number of carbonyl (C=O) groups excluding carboxylic acids is 1. The lowest BCUT2D eigenvalue weighted by molar-refractivity contribution is -0.138. The van der Waals surface area contributed by atoms with Gasteiger partial charge >= 0.3 is 0 Å². The summed E-state index contributed by atoms with van der Waals surface area (Å²) < 4.78 is 5.64. The van der Waals surface area contributed by atoms with Crippen LogP contribution in [0.15, 0.2) is 0 Å². The van der Waals surface area contributed by atoms with E-state index in [0.717, 1.165) is 19.5 Å². The van der Waals surface area contributed by atoms with Crippen LogP contribution in [-0.4, -0.2) is 42.3 Å². The summed E-state index contributed by atoms with van der Waals surface area (Å²) in [6, 6.07) is 0.360. The molecule has 0 aromatic carbocycles. The molecule has 0 saturated carbocycles. The second kappa shape index (κ2) is 5.57. The number of hydrogen-bond acceptors (Lipinski definition) is 3. The fourth-order valence-corrected chi connectivity index (χ4v) is 1.96. The van der Waals surface area contributed by atoms with Crippen LogP contribution in [-0.2, 0) is 9.53 Å². The summed E-state index contributed by atoms with van der Waals surface area (Å²) in [4.78, 5) is 14.1. The summed E-state index contributed by atoms with van der Waals surface area (Å²) >= 11 is 0. The van der Waals surface area contributed by atoms with Gasteiger partial charge in [0.15, 0.2) is 0 Å². The zero-order chi connectivity index (χ0) is 14.0. The van der Waals surface area contributed by atoms with Gasteiger partial charge in [-0.3, -0.25) is 10.1 Å². The number of likely N-dealkylation sites (tertiary alicyclic amines) is 1. The van der Waals surface area contributed by atoms with E-state index in [4.69, 9.17) is 4.74 Å². The standard InChI is InChI=1S/C14H28N2O2/c1-13(2,3)12(17)16-8-7-11(9-16)15-10-18-14(4,5)6/h11,15H,7-10H2,1-6H3/t11-/m1/s1. The van der Waals surface area contributed by atoms with Crippen molar-refractivity contribution in [1.29, 1.82) is 0 Å². The van der Waals surface area contributed by atoms with E-state index in [2.05, 4.69) is 5.32 Å². The molecule has 1 N–H and O–H groups in total. The Balaban J connectivity index is 2.32. The van der Waals surface area contributed by atoms with Crippen molar-refractivity contribution >= 4 is 5.91 Å². The van der Waals surface area contributed by atoms with Crippen molar-refractivity contribution in [1.82, 2.24) is 10.2 Å². The Labute approximate surface area is 111 Å². The highest BCUT2D eigenvalue weighted by Crippen LogP contribution is 2.21. The third kappa shape index (κ3) is 4.94. The van der Waals surface area contributed by atoms with Crippen molar-refractivity contribution in [3.05, 3.63) is 0 Å². The molecule has 1 rings (SSSR count). The molecule has 1 aliphatic rings. The van der Waals surface area contributed by atoms with E-state index in [1.807, 2.05) is 46.4 Å². The summed E-state index contributed by atoms with van der Waals surface area (Å²) in [6.45, 7) is 14.2. The lowest BCUT2D eigenvalue weighted by Crippen LogP contribution is -2.41. The molecule has 1 saturated heterocycles. The maximum absolute atomic E-state index is 12.1. The van der Waals surface area contributed by atoms with Crippen molar-refractivity contribution in [2.75, 3.05) is 19.8 Å². The molecule has 0 aromatic heterocycles. The van der Waals surface area contributed by atoms with Crippen LogP contribution in [0.3, 0.4) is 0 Å². The SMILES string of the molecule is CC(C)(C)OCN[C@@H]1CCN(C(=O)C(C)(C)C)C1. The molecular formula is C14H28N2O2. The number of carbonyl (C=O) groups is 1. The first-order valence-electron chi connectivity index (χ1n) is 6.76. The largest absolute Gasteiger partial charge is 0.361 e. The molecule has 106 valence electrons. The van der Waals surface area contributed by atoms with Gasteiger partial charge < -0.3 is 9.64 Å². The molecule has 1 heterocycles. The van der Waals surface area contributed by atoms with Gasteiger partial charge in [-0.1, -0.05) is 20.8 Å². The Morgan fingerprint density at radius 1 is 1.28 bits per heavy atom. The normalized spacial score (nSPS) is 21.4. The fraction of sp³-hybridized carbons (Fsp3) is 0.929. The molecule has 0 aromatic rings. The number of ether oxygens (including phenoxy) is 1. The maximum atomic E-state index is 12.1. The van der Waals surface area contributed by atoms with Crippen LogP contribution in [0.1, 0.15) is 48.0 Å². The molecule has 18 heavy (non-hydrogen) atoms. The van der Waals surface area contributed by atoms with Crippen LogP contribution >= 0.6 is 0 Å². The van der Waals surface area contributed by atoms with Gasteiger partial charge in [0.2, 0.25) is 5.91 Å². The number of rotatable bonds is 3. The Morgan fingerprint density at radius 3 is 2.39 bits per heavy atom. The minimum Gasteiger partial charge on any atom is -0.361 e. The molecule has 0 bridgehead atoms. The number of hydrogen-bond donors (Lipinski definition) is 1. The predicted molar refractivity (Wildman–Crippen MR) is 73.3 cm³/mol. The molecule has 0 spiro atoms. The maximum Gasteiger partial charge on any atom is 0.228 e. The third-order valence-electron chi connectivity index (χ3n) is 2.99. The molecule has 4 heteroatoms. The van der Waals surface area contributed by atoms with E-state index in [0.29, 0.717) is 12.8 Å². The van der Waals surface area contributed by atoms with Gasteiger partial charge in [0.25, 0.3) is 0 Å². The van der Waals surface area contributed by atoms with Crippen LogP contribution in [0.4, 0.5) is 0 Å². The van der Waals surface area contributed by atoms with Gasteiger partial charge in [0.1, 0.15) is 0 Å². The van der Waals surface area contributed by atoms with Crippen molar-refractivity contribution in [3.8, 4) is 0 Å². The van der Waals surface area contributed by atoms with Crippen molar-refractivity contribution in [3.63, 3.8) is 0 Å². The third-order valence-corrected chi connectivity index (χ3v) is 2.99. The topological polar surface area (TPSA) is 41.6 Å². The Bertz CT molecular complexity index is 289. The summed E-state index contributed by atoms with van der Waals surface area (Å²) in [5.74, 6) is 0.239. The summed E-state index contributed by atoms with van der Waals surface area (Å²) in [7, 11) is 0. The summed E-state index contributed by atoms with van der Waals surface area (Å²) in [5.41, 5.74) is -0.399. The zero-order valence-corrected chi connectivity index (χ0v) is 12.7. The molecule has 1 fully saturated rings. The first-order valence-corrected chi connectivity index (χ1v) is 6.76. The van der Waals surface area contributed by atoms with E-state index in [1.54, 1.807) is 0 Å². The first-order chi connectivity index (χ1) is 8.09. The second-order valence-electron chi connectivity index (χ2n) is 7.09. The average Bonchev–Trinajstić information content (AvgIpc) is 2.61. The molecular weight excluding hydrogens is 228 g/mol. The van der Waals surface area contributed by atoms with Crippen LogP contribution in [0, 0.1) is 5.41 Å². The van der Waals surface area contributed by atoms with Crippen LogP contribution in [0.2, 0.25) is 0 Å². The molecule has 4 nitrogen and oxygen atoms in total. The molecule has 1 atom stereocenters. The van der Waals surface area contributed by atoms with Gasteiger partial charge in [-0.25, -0.2) is 0 Å². The summed E-state index contributed by atoms with van der Waals surface area (Å²) in [6.07, 6.45) is 1.01. The second-order valence-corrected chi connectivity index (χ2v) is 7.09. The molecule has 1 amide bonds. The Kier molecular flexibility index (Phi) is 4.78. The van der Waals surface area contributed by atoms with Crippen LogP contribution in [0.5, 0.6) is 0 Å². The highest BCUT2D eigenvalue weighted by atomic mass is 16.5. The molecule has 0 radical (unpaired) electrons. The highest BCUT2D eigenvalue weighted by molar-refractivity contribution is 5.81. The lowest BCUT2D eigenvalue weighted by Gasteiger charge is -2.26. The fourth-order valence-electron chi connectivity index (χ4n) is 1.96. The van der Waals surface area contributed by atoms with E-state index in [-0.39, 0.29) is 16.9 Å². The molecule has 0 unspecified atom stereocenters. The van der Waals surface area contributed by atoms with Crippen molar-refractivity contribution in [2.45, 2.75) is 59.6 Å². The Morgan fingerprint density at radius 2 is 1.89 bits per heavy atom. The summed E-state index contributed by atoms with van der Waals surface area (Å²) in [5, 5.41) is 3.36. The van der Waals surface area contributed by atoms with Gasteiger partial charge in [0, 0.05) is 24.5 Å². The minimum absolute atomic E-state index is 0.119. The monoisotopic (exact) mass is 256 g/mol. The highest BCUT2D eigenvalue weighted by Gasteiger charge is 2.32. The zero-order valence-electron chi connectivity index (χ0n) is 12.7. The number of amides is 1. The molecule has 1 aliphatic heterocycles. The van der Waals surface area contributed by atoms with E-state index in [9.17, 15) is 4.79 Å². The van der Waals surface area contributed by atoms with Gasteiger partial charge in [0.05, 0.1) is 12.3 Å². The number of nitrogens with zero attached hydrogens (tertiary/aromatic N) is 1. The lowest BCUT2D eigenvalue weighted by atomic mass is 9.95. The van der Waals surface area contributed by atoms with E-state index in [1.165, 1.54) is 0 Å². The smallest absolute Gasteiger partial charge is 0.228 e.